The minimum Gasteiger partial charge on any atom is -0.376 e. The van der Waals surface area contributed by atoms with Crippen molar-refractivity contribution >= 4 is 11.8 Å². The number of ether oxygens (including phenoxy) is 2. The van der Waals surface area contributed by atoms with Crippen molar-refractivity contribution in [3.63, 3.8) is 0 Å². The van der Waals surface area contributed by atoms with Crippen molar-refractivity contribution in [1.29, 1.82) is 0 Å². The summed E-state index contributed by atoms with van der Waals surface area (Å²) in [4.78, 5) is 1.43. The summed E-state index contributed by atoms with van der Waals surface area (Å²) in [5.41, 5.74) is 1.47. The SMILES string of the molecule is c1ccc2c(c1)CC(COC1COC1)S2. The van der Waals surface area contributed by atoms with E-state index < -0.39 is 0 Å². The third-order valence-electron chi connectivity index (χ3n) is 2.84. The fourth-order valence-electron chi connectivity index (χ4n) is 1.90. The zero-order valence-electron chi connectivity index (χ0n) is 8.52. The summed E-state index contributed by atoms with van der Waals surface area (Å²) in [6.07, 6.45) is 1.50. The fraction of sp³-hybridized carbons (Fsp3) is 0.500. The lowest BCUT2D eigenvalue weighted by atomic mass is 10.1. The maximum Gasteiger partial charge on any atom is 0.104 e. The fourth-order valence-corrected chi connectivity index (χ4v) is 3.13. The Labute approximate surface area is 94.0 Å². The monoisotopic (exact) mass is 222 g/mol. The molecule has 1 atom stereocenters. The van der Waals surface area contributed by atoms with Crippen molar-refractivity contribution in [2.45, 2.75) is 22.7 Å². The predicted octanol–water partition coefficient (Wildman–Crippen LogP) is 2.12. The van der Waals surface area contributed by atoms with Gasteiger partial charge in [-0.3, -0.25) is 0 Å². The van der Waals surface area contributed by atoms with E-state index in [-0.39, 0.29) is 0 Å². The van der Waals surface area contributed by atoms with Gasteiger partial charge in [0.2, 0.25) is 0 Å². The number of fused-ring (bicyclic) bond motifs is 1. The molecule has 0 spiro atoms. The molecule has 15 heavy (non-hydrogen) atoms. The summed E-state index contributed by atoms with van der Waals surface area (Å²) >= 11 is 1.95. The van der Waals surface area contributed by atoms with Crippen molar-refractivity contribution in [1.82, 2.24) is 0 Å². The highest BCUT2D eigenvalue weighted by Crippen LogP contribution is 2.36. The second-order valence-corrected chi connectivity index (χ2v) is 5.39. The second kappa shape index (κ2) is 4.16. The molecule has 2 aliphatic rings. The molecule has 2 aliphatic heterocycles. The van der Waals surface area contributed by atoms with E-state index in [1.165, 1.54) is 10.5 Å². The van der Waals surface area contributed by atoms with Gasteiger partial charge in [0.1, 0.15) is 6.10 Å². The maximum absolute atomic E-state index is 5.75. The van der Waals surface area contributed by atoms with Gasteiger partial charge in [-0.05, 0) is 18.1 Å². The lowest BCUT2D eigenvalue weighted by molar-refractivity contribution is -0.128. The van der Waals surface area contributed by atoms with Crippen LogP contribution < -0.4 is 0 Å². The third-order valence-corrected chi connectivity index (χ3v) is 4.13. The van der Waals surface area contributed by atoms with Crippen LogP contribution in [0.2, 0.25) is 0 Å². The average molecular weight is 222 g/mol. The van der Waals surface area contributed by atoms with Crippen molar-refractivity contribution < 1.29 is 9.47 Å². The molecule has 0 aromatic heterocycles. The molecule has 80 valence electrons. The molecular formula is C12H14O2S. The van der Waals surface area contributed by atoms with E-state index in [1.807, 2.05) is 11.8 Å². The number of benzene rings is 1. The van der Waals surface area contributed by atoms with E-state index in [0.29, 0.717) is 11.4 Å². The lowest BCUT2D eigenvalue weighted by Crippen LogP contribution is -2.37. The van der Waals surface area contributed by atoms with Gasteiger partial charge in [0.25, 0.3) is 0 Å². The largest absolute Gasteiger partial charge is 0.376 e. The number of rotatable bonds is 3. The molecule has 1 aromatic rings. The zero-order chi connectivity index (χ0) is 10.1. The standard InChI is InChI=1S/C12H14O2S/c1-2-4-12-9(3-1)5-11(15-12)8-14-10-6-13-7-10/h1-4,10-11H,5-8H2. The van der Waals surface area contributed by atoms with Crippen LogP contribution in [0.1, 0.15) is 5.56 Å². The van der Waals surface area contributed by atoms with Crippen LogP contribution in [0.3, 0.4) is 0 Å². The maximum atomic E-state index is 5.75. The Balaban J connectivity index is 1.54. The van der Waals surface area contributed by atoms with Crippen LogP contribution in [0.25, 0.3) is 0 Å². The zero-order valence-corrected chi connectivity index (χ0v) is 9.33. The van der Waals surface area contributed by atoms with Crippen molar-refractivity contribution in [2.24, 2.45) is 0 Å². The van der Waals surface area contributed by atoms with Gasteiger partial charge in [-0.2, -0.15) is 0 Å². The number of hydrogen-bond acceptors (Lipinski definition) is 3. The van der Waals surface area contributed by atoms with Gasteiger partial charge in [-0.1, -0.05) is 18.2 Å². The molecule has 0 amide bonds. The van der Waals surface area contributed by atoms with Crippen molar-refractivity contribution in [3.8, 4) is 0 Å². The van der Waals surface area contributed by atoms with Gasteiger partial charge < -0.3 is 9.47 Å². The molecule has 0 saturated carbocycles. The first-order valence-electron chi connectivity index (χ1n) is 5.36. The van der Waals surface area contributed by atoms with Gasteiger partial charge in [0.15, 0.2) is 0 Å². The topological polar surface area (TPSA) is 18.5 Å². The summed E-state index contributed by atoms with van der Waals surface area (Å²) in [6, 6.07) is 8.64. The Morgan fingerprint density at radius 2 is 2.20 bits per heavy atom. The van der Waals surface area contributed by atoms with E-state index >= 15 is 0 Å². The summed E-state index contributed by atoms with van der Waals surface area (Å²) in [7, 11) is 0. The van der Waals surface area contributed by atoms with Crippen molar-refractivity contribution in [2.75, 3.05) is 19.8 Å². The van der Waals surface area contributed by atoms with E-state index in [2.05, 4.69) is 24.3 Å². The number of thioether (sulfide) groups is 1. The molecule has 3 rings (SSSR count). The molecule has 2 nitrogen and oxygen atoms in total. The van der Waals surface area contributed by atoms with Crippen LogP contribution in [0.4, 0.5) is 0 Å². The van der Waals surface area contributed by atoms with Crippen LogP contribution in [0.5, 0.6) is 0 Å². The van der Waals surface area contributed by atoms with Crippen LogP contribution in [0.15, 0.2) is 29.2 Å². The molecule has 0 aliphatic carbocycles. The quantitative estimate of drug-likeness (QED) is 0.780. The highest BCUT2D eigenvalue weighted by molar-refractivity contribution is 8.00. The highest BCUT2D eigenvalue weighted by atomic mass is 32.2. The smallest absolute Gasteiger partial charge is 0.104 e. The van der Waals surface area contributed by atoms with Crippen LogP contribution in [-0.2, 0) is 15.9 Å². The first-order valence-corrected chi connectivity index (χ1v) is 6.24. The van der Waals surface area contributed by atoms with Gasteiger partial charge in [0.05, 0.1) is 19.8 Å². The average Bonchev–Trinajstić information content (AvgIpc) is 2.57. The van der Waals surface area contributed by atoms with Gasteiger partial charge in [-0.15, -0.1) is 11.8 Å². The summed E-state index contributed by atoms with van der Waals surface area (Å²) in [6.45, 7) is 2.42. The molecule has 1 saturated heterocycles. The Morgan fingerprint density at radius 3 is 2.93 bits per heavy atom. The Morgan fingerprint density at radius 1 is 1.33 bits per heavy atom. The third kappa shape index (κ3) is 2.05. The van der Waals surface area contributed by atoms with E-state index in [9.17, 15) is 0 Å². The minimum absolute atomic E-state index is 0.356. The lowest BCUT2D eigenvalue weighted by Gasteiger charge is -2.27. The minimum atomic E-state index is 0.356. The van der Waals surface area contributed by atoms with Crippen LogP contribution in [0, 0.1) is 0 Å². The van der Waals surface area contributed by atoms with Gasteiger partial charge in [-0.25, -0.2) is 0 Å². The number of hydrogen-bond donors (Lipinski definition) is 0. The van der Waals surface area contributed by atoms with Crippen LogP contribution in [-0.4, -0.2) is 31.2 Å². The van der Waals surface area contributed by atoms with E-state index in [0.717, 1.165) is 26.2 Å². The first kappa shape index (κ1) is 9.70. The van der Waals surface area contributed by atoms with Gasteiger partial charge >= 0.3 is 0 Å². The van der Waals surface area contributed by atoms with Gasteiger partial charge in [0, 0.05) is 10.1 Å². The van der Waals surface area contributed by atoms with Crippen molar-refractivity contribution in [3.05, 3.63) is 29.8 Å². The molecule has 0 radical (unpaired) electrons. The molecule has 1 unspecified atom stereocenters. The molecule has 1 fully saturated rings. The predicted molar refractivity (Wildman–Crippen MR) is 60.4 cm³/mol. The highest BCUT2D eigenvalue weighted by Gasteiger charge is 2.25. The molecule has 1 aromatic carbocycles. The molecule has 3 heteroatoms. The second-order valence-electron chi connectivity index (χ2n) is 4.04. The Bertz CT molecular complexity index is 324. The van der Waals surface area contributed by atoms with E-state index in [4.69, 9.17) is 9.47 Å². The molecular weight excluding hydrogens is 208 g/mol. The summed E-state index contributed by atoms with van der Waals surface area (Å²) in [5, 5.41) is 0.600. The molecule has 0 bridgehead atoms. The molecule has 2 heterocycles. The van der Waals surface area contributed by atoms with Crippen LogP contribution >= 0.6 is 11.8 Å². The first-order chi connectivity index (χ1) is 7.42. The molecule has 0 N–H and O–H groups in total. The van der Waals surface area contributed by atoms with E-state index in [1.54, 1.807) is 0 Å². The normalized spacial score (nSPS) is 24.9. The summed E-state index contributed by atoms with van der Waals surface area (Å²) < 4.78 is 10.8. The Kier molecular flexibility index (Phi) is 2.69. The Hall–Kier alpha value is -0.510. The summed E-state index contributed by atoms with van der Waals surface area (Å²) in [5.74, 6) is 0.